The molecule has 2 nitrogen and oxygen atoms in total. The highest BCUT2D eigenvalue weighted by Gasteiger charge is 2.37. The number of alkyl halides is 3. The molecular weight excluding hydrogens is 319 g/mol. The van der Waals surface area contributed by atoms with Crippen molar-refractivity contribution in [2.24, 2.45) is 5.73 Å². The fourth-order valence-electron chi connectivity index (χ4n) is 2.06. The Bertz CT molecular complexity index is 509. The summed E-state index contributed by atoms with van der Waals surface area (Å²) in [6, 6.07) is 5.43. The largest absolute Gasteiger partial charge is 0.417 e. The lowest BCUT2D eigenvalue weighted by molar-refractivity contribution is -0.137. The summed E-state index contributed by atoms with van der Waals surface area (Å²) < 4.78 is 44.6. The van der Waals surface area contributed by atoms with E-state index in [4.69, 9.17) is 10.2 Å². The van der Waals surface area contributed by atoms with Crippen LogP contribution in [0.25, 0.3) is 0 Å². The molecular formula is C17H28F3NOSi. The fraction of sp³-hybridized carbons (Fsp3) is 0.647. The van der Waals surface area contributed by atoms with Gasteiger partial charge in [-0.05, 0) is 48.6 Å². The lowest BCUT2D eigenvalue weighted by Crippen LogP contribution is -2.41. The Morgan fingerprint density at radius 3 is 2.26 bits per heavy atom. The molecule has 23 heavy (non-hydrogen) atoms. The second-order valence-corrected chi connectivity index (χ2v) is 12.3. The second-order valence-electron chi connectivity index (χ2n) is 7.45. The Kier molecular flexibility index (Phi) is 6.46. The minimum Gasteiger partial charge on any atom is -0.417 e. The zero-order valence-electron chi connectivity index (χ0n) is 14.6. The van der Waals surface area contributed by atoms with Crippen molar-refractivity contribution in [1.29, 1.82) is 0 Å². The van der Waals surface area contributed by atoms with Crippen LogP contribution >= 0.6 is 0 Å². The zero-order chi connectivity index (χ0) is 17.9. The zero-order valence-corrected chi connectivity index (χ0v) is 15.6. The van der Waals surface area contributed by atoms with Gasteiger partial charge < -0.3 is 10.2 Å². The standard InChI is InChI=1S/C17H28F3NOSi/c1-16(2,3)23(4,5)22-10-9-14(12-21)13-7-6-8-15(11-13)17(18,19)20/h6-8,11,14H,9-10,12,21H2,1-5H3. The highest BCUT2D eigenvalue weighted by molar-refractivity contribution is 6.74. The first-order chi connectivity index (χ1) is 10.4. The fourth-order valence-corrected chi connectivity index (χ4v) is 3.12. The summed E-state index contributed by atoms with van der Waals surface area (Å²) in [5.74, 6) is -0.123. The molecule has 0 fully saturated rings. The van der Waals surface area contributed by atoms with Gasteiger partial charge in [-0.15, -0.1) is 0 Å². The maximum Gasteiger partial charge on any atom is 0.416 e. The molecule has 0 aromatic heterocycles. The molecule has 0 bridgehead atoms. The molecule has 1 aromatic carbocycles. The predicted molar refractivity (Wildman–Crippen MR) is 91.0 cm³/mol. The molecule has 1 atom stereocenters. The van der Waals surface area contributed by atoms with E-state index >= 15 is 0 Å². The number of halogens is 3. The van der Waals surface area contributed by atoms with Crippen LogP contribution in [0.5, 0.6) is 0 Å². The molecule has 0 spiro atoms. The minimum atomic E-state index is -4.33. The third-order valence-electron chi connectivity index (χ3n) is 4.71. The van der Waals surface area contributed by atoms with Gasteiger partial charge in [-0.1, -0.05) is 39.0 Å². The van der Waals surface area contributed by atoms with E-state index in [-0.39, 0.29) is 11.0 Å². The van der Waals surface area contributed by atoms with Gasteiger partial charge in [0, 0.05) is 6.61 Å². The third-order valence-corrected chi connectivity index (χ3v) is 9.24. The topological polar surface area (TPSA) is 35.2 Å². The highest BCUT2D eigenvalue weighted by Crippen LogP contribution is 2.37. The lowest BCUT2D eigenvalue weighted by atomic mass is 9.94. The van der Waals surface area contributed by atoms with Crippen molar-refractivity contribution in [2.75, 3.05) is 13.2 Å². The van der Waals surface area contributed by atoms with Gasteiger partial charge in [0.1, 0.15) is 0 Å². The summed E-state index contributed by atoms with van der Waals surface area (Å²) in [5, 5.41) is 0.113. The Morgan fingerprint density at radius 2 is 1.78 bits per heavy atom. The summed E-state index contributed by atoms with van der Waals surface area (Å²) in [6.45, 7) is 11.6. The maximum absolute atomic E-state index is 12.8. The number of rotatable bonds is 6. The van der Waals surface area contributed by atoms with E-state index in [1.54, 1.807) is 6.07 Å². The third kappa shape index (κ3) is 5.62. The lowest BCUT2D eigenvalue weighted by Gasteiger charge is -2.36. The van der Waals surface area contributed by atoms with Gasteiger partial charge in [0.15, 0.2) is 8.32 Å². The molecule has 2 N–H and O–H groups in total. The van der Waals surface area contributed by atoms with Crippen LogP contribution in [0.3, 0.4) is 0 Å². The molecule has 0 aliphatic rings. The van der Waals surface area contributed by atoms with E-state index in [1.165, 1.54) is 12.1 Å². The van der Waals surface area contributed by atoms with Crippen LogP contribution in [0.2, 0.25) is 18.1 Å². The van der Waals surface area contributed by atoms with Crippen molar-refractivity contribution in [3.8, 4) is 0 Å². The molecule has 0 radical (unpaired) electrons. The van der Waals surface area contributed by atoms with Gasteiger partial charge in [0.2, 0.25) is 0 Å². The van der Waals surface area contributed by atoms with Crippen molar-refractivity contribution in [1.82, 2.24) is 0 Å². The van der Waals surface area contributed by atoms with Crippen LogP contribution in [0.4, 0.5) is 13.2 Å². The Labute approximate surface area is 138 Å². The Hall–Kier alpha value is -0.853. The van der Waals surface area contributed by atoms with Gasteiger partial charge in [-0.25, -0.2) is 0 Å². The highest BCUT2D eigenvalue weighted by atomic mass is 28.4. The first-order valence-corrected chi connectivity index (χ1v) is 10.8. The summed E-state index contributed by atoms with van der Waals surface area (Å²) in [7, 11) is -1.85. The van der Waals surface area contributed by atoms with Crippen LogP contribution in [-0.4, -0.2) is 21.5 Å². The number of hydrogen-bond donors (Lipinski definition) is 1. The molecule has 1 rings (SSSR count). The molecule has 132 valence electrons. The van der Waals surface area contributed by atoms with Crippen molar-refractivity contribution in [3.63, 3.8) is 0 Å². The SMILES string of the molecule is CC(C)(C)[Si](C)(C)OCCC(CN)c1cccc(C(F)(F)F)c1. The number of nitrogens with two attached hydrogens (primary N) is 1. The summed E-state index contributed by atoms with van der Waals surface area (Å²) in [4.78, 5) is 0. The monoisotopic (exact) mass is 347 g/mol. The van der Waals surface area contributed by atoms with Gasteiger partial charge >= 0.3 is 6.18 Å². The van der Waals surface area contributed by atoms with Crippen LogP contribution in [0, 0.1) is 0 Å². The van der Waals surface area contributed by atoms with Gasteiger partial charge in [0.05, 0.1) is 5.56 Å². The van der Waals surface area contributed by atoms with Crippen molar-refractivity contribution >= 4 is 8.32 Å². The number of benzene rings is 1. The molecule has 0 saturated heterocycles. The van der Waals surface area contributed by atoms with Crippen LogP contribution < -0.4 is 5.73 Å². The average molecular weight is 347 g/mol. The quantitative estimate of drug-likeness (QED) is 0.721. The van der Waals surface area contributed by atoms with Crippen LogP contribution in [0.15, 0.2) is 24.3 Å². The molecule has 0 amide bonds. The summed E-state index contributed by atoms with van der Waals surface area (Å²) in [6.07, 6.45) is -3.70. The first-order valence-electron chi connectivity index (χ1n) is 7.89. The molecule has 1 aromatic rings. The molecule has 0 aliphatic heterocycles. The molecule has 0 saturated carbocycles. The normalized spacial score (nSPS) is 14.8. The van der Waals surface area contributed by atoms with Crippen LogP contribution in [-0.2, 0) is 10.6 Å². The maximum atomic E-state index is 12.8. The van der Waals surface area contributed by atoms with Crippen LogP contribution in [0.1, 0.15) is 44.2 Å². The number of hydrogen-bond acceptors (Lipinski definition) is 2. The summed E-state index contributed by atoms with van der Waals surface area (Å²) in [5.41, 5.74) is 5.77. The molecule has 6 heteroatoms. The molecule has 0 heterocycles. The second kappa shape index (κ2) is 7.36. The first kappa shape index (κ1) is 20.2. The van der Waals surface area contributed by atoms with Crippen molar-refractivity contribution < 1.29 is 17.6 Å². The van der Waals surface area contributed by atoms with E-state index in [1.807, 2.05) is 0 Å². The van der Waals surface area contributed by atoms with Gasteiger partial charge in [0.25, 0.3) is 0 Å². The molecule has 1 unspecified atom stereocenters. The van der Waals surface area contributed by atoms with Crippen molar-refractivity contribution in [3.05, 3.63) is 35.4 Å². The summed E-state index contributed by atoms with van der Waals surface area (Å²) >= 11 is 0. The Balaban J connectivity index is 2.76. The van der Waals surface area contributed by atoms with E-state index in [0.717, 1.165) is 6.07 Å². The van der Waals surface area contributed by atoms with E-state index in [2.05, 4.69) is 33.9 Å². The van der Waals surface area contributed by atoms with Gasteiger partial charge in [-0.3, -0.25) is 0 Å². The Morgan fingerprint density at radius 1 is 1.17 bits per heavy atom. The predicted octanol–water partition coefficient (Wildman–Crippen LogP) is 5.16. The smallest absolute Gasteiger partial charge is 0.416 e. The molecule has 0 aliphatic carbocycles. The van der Waals surface area contributed by atoms with E-state index < -0.39 is 20.1 Å². The van der Waals surface area contributed by atoms with Gasteiger partial charge in [-0.2, -0.15) is 13.2 Å². The van der Waals surface area contributed by atoms with E-state index in [9.17, 15) is 13.2 Å². The average Bonchev–Trinajstić information content (AvgIpc) is 2.41. The van der Waals surface area contributed by atoms with Crippen molar-refractivity contribution in [2.45, 2.75) is 57.4 Å². The minimum absolute atomic E-state index is 0.113. The van der Waals surface area contributed by atoms with E-state index in [0.29, 0.717) is 25.1 Å².